The van der Waals surface area contributed by atoms with Gasteiger partial charge in [-0.3, -0.25) is 0 Å². The molecule has 0 saturated heterocycles. The van der Waals surface area contributed by atoms with Gasteiger partial charge in [-0.15, -0.1) is 6.58 Å². The Hall–Kier alpha value is 0.180. The second kappa shape index (κ2) is 2.08. The Balaban J connectivity index is 2.73. The zero-order chi connectivity index (χ0) is 7.99. The van der Waals surface area contributed by atoms with Crippen LogP contribution in [-0.4, -0.2) is 10.3 Å². The van der Waals surface area contributed by atoms with E-state index >= 15 is 0 Å². The highest BCUT2D eigenvalue weighted by atomic mass is 35.5. The Bertz CT molecular complexity index is 165. The summed E-state index contributed by atoms with van der Waals surface area (Å²) in [6.45, 7) is 3.25. The molecule has 1 atom stereocenters. The fourth-order valence-electron chi connectivity index (χ4n) is 0.912. The first-order valence-corrected chi connectivity index (χ1v) is 3.55. The Morgan fingerprint density at radius 3 is 2.10 bits per heavy atom. The lowest BCUT2D eigenvalue weighted by Gasteiger charge is -2.45. The molecule has 0 nitrogen and oxygen atoms in total. The van der Waals surface area contributed by atoms with Gasteiger partial charge in [0.1, 0.15) is 0 Å². The summed E-state index contributed by atoms with van der Waals surface area (Å²) >= 11 is 10.5. The molecule has 0 aromatic rings. The largest absolute Gasteiger partial charge is 0.286 e. The molecule has 4 heteroatoms. The molecule has 0 spiro atoms. The molecule has 1 rings (SSSR count). The summed E-state index contributed by atoms with van der Waals surface area (Å²) in [5.41, 5.74) is 0. The third kappa shape index (κ3) is 0.857. The number of hydrogen-bond donors (Lipinski definition) is 0. The highest BCUT2D eigenvalue weighted by Crippen LogP contribution is 2.58. The van der Waals surface area contributed by atoms with Gasteiger partial charge in [-0.1, -0.05) is 29.3 Å². The third-order valence-electron chi connectivity index (χ3n) is 1.71. The summed E-state index contributed by atoms with van der Waals surface area (Å²) in [6.07, 6.45) is 1.27. The molecule has 0 heterocycles. The van der Waals surface area contributed by atoms with Crippen LogP contribution >= 0.6 is 23.2 Å². The van der Waals surface area contributed by atoms with Crippen molar-refractivity contribution in [1.29, 1.82) is 0 Å². The van der Waals surface area contributed by atoms with Crippen LogP contribution in [0.5, 0.6) is 0 Å². The smallest absolute Gasteiger partial charge is 0.203 e. The molecule has 0 aromatic heterocycles. The zero-order valence-electron chi connectivity index (χ0n) is 5.08. The molecule has 1 aliphatic carbocycles. The van der Waals surface area contributed by atoms with Crippen molar-refractivity contribution in [2.75, 3.05) is 0 Å². The molecule has 10 heavy (non-hydrogen) atoms. The van der Waals surface area contributed by atoms with E-state index in [1.54, 1.807) is 0 Å². The highest BCUT2D eigenvalue weighted by molar-refractivity contribution is 6.50. The first kappa shape index (κ1) is 8.28. The second-order valence-electron chi connectivity index (χ2n) is 2.37. The summed E-state index contributed by atoms with van der Waals surface area (Å²) in [5, 5.41) is 0. The average Bonchev–Trinajstić information content (AvgIpc) is 1.83. The molecule has 1 aliphatic rings. The van der Waals surface area contributed by atoms with Gasteiger partial charge in [0.15, 0.2) is 4.33 Å². The van der Waals surface area contributed by atoms with Crippen molar-refractivity contribution < 1.29 is 8.78 Å². The van der Waals surface area contributed by atoms with Crippen molar-refractivity contribution in [2.45, 2.75) is 16.7 Å². The fourth-order valence-corrected chi connectivity index (χ4v) is 1.52. The van der Waals surface area contributed by atoms with Crippen LogP contribution in [0, 0.1) is 5.92 Å². The van der Waals surface area contributed by atoms with Gasteiger partial charge in [-0.05, 0) is 6.42 Å². The van der Waals surface area contributed by atoms with E-state index in [1.165, 1.54) is 6.08 Å². The third-order valence-corrected chi connectivity index (χ3v) is 2.53. The van der Waals surface area contributed by atoms with Crippen molar-refractivity contribution in [3.05, 3.63) is 12.7 Å². The normalized spacial score (nSPS) is 34.6. The number of hydrogen-bond acceptors (Lipinski definition) is 0. The van der Waals surface area contributed by atoms with Gasteiger partial charge in [0.25, 0.3) is 5.92 Å². The van der Waals surface area contributed by atoms with E-state index < -0.39 is 16.2 Å². The Labute approximate surface area is 67.8 Å². The molecule has 0 aromatic carbocycles. The number of allylic oxidation sites excluding steroid dienone is 1. The molecular weight excluding hydrogens is 181 g/mol. The molecular formula is C6H6Cl2F2. The van der Waals surface area contributed by atoms with E-state index in [4.69, 9.17) is 23.2 Å². The molecule has 0 radical (unpaired) electrons. The molecule has 0 amide bonds. The number of rotatable bonds is 1. The van der Waals surface area contributed by atoms with E-state index in [0.717, 1.165) is 0 Å². The molecule has 0 bridgehead atoms. The van der Waals surface area contributed by atoms with Crippen LogP contribution in [0.4, 0.5) is 8.78 Å². The van der Waals surface area contributed by atoms with E-state index in [9.17, 15) is 8.78 Å². The minimum absolute atomic E-state index is 0.0899. The maximum Gasteiger partial charge on any atom is 0.286 e. The monoisotopic (exact) mass is 186 g/mol. The Kier molecular flexibility index (Phi) is 1.72. The van der Waals surface area contributed by atoms with E-state index in [1.807, 2.05) is 0 Å². The van der Waals surface area contributed by atoms with Crippen molar-refractivity contribution in [3.8, 4) is 0 Å². The second-order valence-corrected chi connectivity index (χ2v) is 3.86. The van der Waals surface area contributed by atoms with Crippen molar-refractivity contribution in [3.63, 3.8) is 0 Å². The predicted molar refractivity (Wildman–Crippen MR) is 37.7 cm³/mol. The predicted octanol–water partition coefficient (Wildman–Crippen LogP) is 3.00. The van der Waals surface area contributed by atoms with Gasteiger partial charge in [0, 0.05) is 5.92 Å². The van der Waals surface area contributed by atoms with Crippen LogP contribution in [0.15, 0.2) is 12.7 Å². The van der Waals surface area contributed by atoms with E-state index in [0.29, 0.717) is 0 Å². The topological polar surface area (TPSA) is 0 Å². The van der Waals surface area contributed by atoms with Crippen LogP contribution in [0.2, 0.25) is 0 Å². The molecule has 1 unspecified atom stereocenters. The fraction of sp³-hybridized carbons (Fsp3) is 0.667. The van der Waals surface area contributed by atoms with Crippen LogP contribution in [0.3, 0.4) is 0 Å². The summed E-state index contributed by atoms with van der Waals surface area (Å²) in [7, 11) is 0. The Morgan fingerprint density at radius 1 is 1.50 bits per heavy atom. The van der Waals surface area contributed by atoms with Gasteiger partial charge in [-0.25, -0.2) is 8.78 Å². The van der Waals surface area contributed by atoms with Gasteiger partial charge in [-0.2, -0.15) is 0 Å². The Morgan fingerprint density at radius 2 is 2.00 bits per heavy atom. The number of halogens is 4. The maximum absolute atomic E-state index is 12.6. The van der Waals surface area contributed by atoms with Gasteiger partial charge >= 0.3 is 0 Å². The molecule has 1 saturated carbocycles. The molecule has 1 fully saturated rings. The van der Waals surface area contributed by atoms with E-state index in [2.05, 4.69) is 6.58 Å². The lowest BCUT2D eigenvalue weighted by molar-refractivity contribution is -0.122. The van der Waals surface area contributed by atoms with Crippen LogP contribution in [-0.2, 0) is 0 Å². The van der Waals surface area contributed by atoms with Crippen molar-refractivity contribution >= 4 is 23.2 Å². The number of alkyl halides is 4. The summed E-state index contributed by atoms with van der Waals surface area (Å²) in [5.74, 6) is -3.86. The lowest BCUT2D eigenvalue weighted by atomic mass is 9.80. The highest BCUT2D eigenvalue weighted by Gasteiger charge is 2.66. The summed E-state index contributed by atoms with van der Waals surface area (Å²) in [6, 6.07) is 0. The first-order valence-electron chi connectivity index (χ1n) is 2.80. The molecule has 58 valence electrons. The van der Waals surface area contributed by atoms with Gasteiger partial charge in [0.2, 0.25) is 0 Å². The molecule has 0 aliphatic heterocycles. The zero-order valence-corrected chi connectivity index (χ0v) is 6.59. The average molecular weight is 187 g/mol. The molecule has 0 N–H and O–H groups in total. The minimum atomic E-state index is -3.00. The van der Waals surface area contributed by atoms with Crippen molar-refractivity contribution in [1.82, 2.24) is 0 Å². The quantitative estimate of drug-likeness (QED) is 0.437. The SMILES string of the molecule is C=CC1CC(Cl)(Cl)C1(F)F. The van der Waals surface area contributed by atoms with Gasteiger partial charge < -0.3 is 0 Å². The van der Waals surface area contributed by atoms with Crippen LogP contribution < -0.4 is 0 Å². The minimum Gasteiger partial charge on any atom is -0.203 e. The first-order chi connectivity index (χ1) is 4.42. The maximum atomic E-state index is 12.6. The van der Waals surface area contributed by atoms with Gasteiger partial charge in [0.05, 0.1) is 0 Å². The van der Waals surface area contributed by atoms with Crippen LogP contribution in [0.25, 0.3) is 0 Å². The summed E-state index contributed by atoms with van der Waals surface area (Å²) < 4.78 is 23.4. The van der Waals surface area contributed by atoms with Crippen LogP contribution in [0.1, 0.15) is 6.42 Å². The lowest BCUT2D eigenvalue weighted by Crippen LogP contribution is -2.56. The summed E-state index contributed by atoms with van der Waals surface area (Å²) in [4.78, 5) is 0. The van der Waals surface area contributed by atoms with E-state index in [-0.39, 0.29) is 6.42 Å². The van der Waals surface area contributed by atoms with Crippen molar-refractivity contribution in [2.24, 2.45) is 5.92 Å². The standard InChI is InChI=1S/C6H6Cl2F2/c1-2-4-3-5(7,8)6(4,9)10/h2,4H,1,3H2.